The maximum absolute atomic E-state index is 11.4. The van der Waals surface area contributed by atoms with E-state index in [1.54, 1.807) is 0 Å². The van der Waals surface area contributed by atoms with Gasteiger partial charge in [0.25, 0.3) is 0 Å². The van der Waals surface area contributed by atoms with Crippen molar-refractivity contribution in [3.63, 3.8) is 0 Å². The summed E-state index contributed by atoms with van der Waals surface area (Å²) >= 11 is 0. The summed E-state index contributed by atoms with van der Waals surface area (Å²) in [6.45, 7) is 1.87. The standard InChI is InChI=1S/C16H22N2O/c1-2-16(19)18-14-5-3-4-13(10-14)17-15-9-11-6-7-12(15)8-11/h3-5,10-12,15,17H,2,6-9H2,1H3,(H,18,19). The molecule has 102 valence electrons. The Hall–Kier alpha value is -1.51. The molecule has 0 radical (unpaired) electrons. The van der Waals surface area contributed by atoms with Crippen LogP contribution in [0.25, 0.3) is 0 Å². The first-order chi connectivity index (χ1) is 9.24. The summed E-state index contributed by atoms with van der Waals surface area (Å²) in [4.78, 5) is 11.4. The van der Waals surface area contributed by atoms with Gasteiger partial charge in [-0.2, -0.15) is 0 Å². The zero-order valence-corrected chi connectivity index (χ0v) is 11.5. The van der Waals surface area contributed by atoms with Crippen molar-refractivity contribution in [3.8, 4) is 0 Å². The summed E-state index contributed by atoms with van der Waals surface area (Å²) < 4.78 is 0. The van der Waals surface area contributed by atoms with Crippen LogP contribution >= 0.6 is 0 Å². The molecular formula is C16H22N2O. The Bertz CT molecular complexity index is 472. The highest BCUT2D eigenvalue weighted by atomic mass is 16.1. The minimum atomic E-state index is 0.0667. The van der Waals surface area contributed by atoms with E-state index in [1.807, 2.05) is 25.1 Å². The van der Waals surface area contributed by atoms with Crippen molar-refractivity contribution in [1.29, 1.82) is 0 Å². The number of anilines is 2. The fourth-order valence-corrected chi connectivity index (χ4v) is 3.57. The summed E-state index contributed by atoms with van der Waals surface area (Å²) in [7, 11) is 0. The van der Waals surface area contributed by atoms with E-state index in [9.17, 15) is 4.79 Å². The highest BCUT2D eigenvalue weighted by Crippen LogP contribution is 2.45. The van der Waals surface area contributed by atoms with Crippen LogP contribution in [0.3, 0.4) is 0 Å². The first-order valence-corrected chi connectivity index (χ1v) is 7.41. The Morgan fingerprint density at radius 3 is 2.79 bits per heavy atom. The van der Waals surface area contributed by atoms with E-state index in [0.29, 0.717) is 12.5 Å². The van der Waals surface area contributed by atoms with E-state index in [-0.39, 0.29) is 5.91 Å². The molecule has 0 saturated heterocycles. The molecule has 2 aliphatic carbocycles. The smallest absolute Gasteiger partial charge is 0.224 e. The molecule has 0 spiro atoms. The zero-order chi connectivity index (χ0) is 13.2. The molecule has 19 heavy (non-hydrogen) atoms. The lowest BCUT2D eigenvalue weighted by molar-refractivity contribution is -0.115. The third kappa shape index (κ3) is 2.75. The van der Waals surface area contributed by atoms with Crippen LogP contribution in [-0.4, -0.2) is 11.9 Å². The topological polar surface area (TPSA) is 41.1 Å². The van der Waals surface area contributed by atoms with E-state index in [4.69, 9.17) is 0 Å². The van der Waals surface area contributed by atoms with Gasteiger partial charge in [-0.15, -0.1) is 0 Å². The second-order valence-corrected chi connectivity index (χ2v) is 5.91. The minimum absolute atomic E-state index is 0.0667. The molecule has 3 nitrogen and oxygen atoms in total. The summed E-state index contributed by atoms with van der Waals surface area (Å²) in [6.07, 6.45) is 6.05. The molecule has 0 heterocycles. The average Bonchev–Trinajstić information content (AvgIpc) is 3.01. The van der Waals surface area contributed by atoms with Gasteiger partial charge in [0.15, 0.2) is 0 Å². The van der Waals surface area contributed by atoms with Crippen molar-refractivity contribution in [3.05, 3.63) is 24.3 Å². The van der Waals surface area contributed by atoms with E-state index in [1.165, 1.54) is 25.7 Å². The molecule has 3 rings (SSSR count). The van der Waals surface area contributed by atoms with Crippen molar-refractivity contribution in [2.45, 2.75) is 45.1 Å². The van der Waals surface area contributed by atoms with Gasteiger partial charge in [0.1, 0.15) is 0 Å². The summed E-state index contributed by atoms with van der Waals surface area (Å²) in [5.41, 5.74) is 2.02. The predicted molar refractivity (Wildman–Crippen MR) is 78.2 cm³/mol. The Kier molecular flexibility index (Phi) is 3.45. The lowest BCUT2D eigenvalue weighted by atomic mass is 9.95. The van der Waals surface area contributed by atoms with Gasteiger partial charge in [-0.1, -0.05) is 19.4 Å². The van der Waals surface area contributed by atoms with Crippen LogP contribution in [0.2, 0.25) is 0 Å². The van der Waals surface area contributed by atoms with Gasteiger partial charge in [0.2, 0.25) is 5.91 Å². The number of carbonyl (C=O) groups is 1. The Labute approximate surface area is 114 Å². The number of nitrogens with one attached hydrogen (secondary N) is 2. The highest BCUT2D eigenvalue weighted by Gasteiger charge is 2.39. The number of hydrogen-bond donors (Lipinski definition) is 2. The van der Waals surface area contributed by atoms with Crippen LogP contribution in [0.5, 0.6) is 0 Å². The average molecular weight is 258 g/mol. The maximum atomic E-state index is 11.4. The first-order valence-electron chi connectivity index (χ1n) is 7.41. The lowest BCUT2D eigenvalue weighted by Gasteiger charge is -2.24. The quantitative estimate of drug-likeness (QED) is 0.865. The van der Waals surface area contributed by atoms with Crippen LogP contribution in [-0.2, 0) is 4.79 Å². The third-order valence-corrected chi connectivity index (χ3v) is 4.56. The van der Waals surface area contributed by atoms with Gasteiger partial charge >= 0.3 is 0 Å². The zero-order valence-electron chi connectivity index (χ0n) is 11.5. The highest BCUT2D eigenvalue weighted by molar-refractivity contribution is 5.90. The molecule has 1 amide bonds. The van der Waals surface area contributed by atoms with Gasteiger partial charge in [0.05, 0.1) is 0 Å². The van der Waals surface area contributed by atoms with E-state index in [2.05, 4.69) is 16.7 Å². The van der Waals surface area contributed by atoms with Gasteiger partial charge in [-0.05, 0) is 49.3 Å². The monoisotopic (exact) mass is 258 g/mol. The SMILES string of the molecule is CCC(=O)Nc1cccc(NC2CC3CCC2C3)c1. The van der Waals surface area contributed by atoms with Crippen molar-refractivity contribution >= 4 is 17.3 Å². The molecule has 2 aliphatic rings. The van der Waals surface area contributed by atoms with E-state index < -0.39 is 0 Å². The van der Waals surface area contributed by atoms with Crippen LogP contribution < -0.4 is 10.6 Å². The normalized spacial score (nSPS) is 28.4. The molecular weight excluding hydrogens is 236 g/mol. The maximum Gasteiger partial charge on any atom is 0.224 e. The molecule has 1 aromatic carbocycles. The minimum Gasteiger partial charge on any atom is -0.382 e. The number of amides is 1. The van der Waals surface area contributed by atoms with Crippen molar-refractivity contribution in [1.82, 2.24) is 0 Å². The molecule has 3 atom stereocenters. The summed E-state index contributed by atoms with van der Waals surface area (Å²) in [6, 6.07) is 8.71. The first kappa shape index (κ1) is 12.5. The molecule has 0 aromatic heterocycles. The van der Waals surface area contributed by atoms with Crippen molar-refractivity contribution in [2.75, 3.05) is 10.6 Å². The van der Waals surface area contributed by atoms with E-state index >= 15 is 0 Å². The van der Waals surface area contributed by atoms with Crippen LogP contribution in [0.15, 0.2) is 24.3 Å². The Balaban J connectivity index is 1.64. The van der Waals surface area contributed by atoms with E-state index in [0.717, 1.165) is 23.2 Å². The summed E-state index contributed by atoms with van der Waals surface area (Å²) in [5.74, 6) is 1.88. The Morgan fingerprint density at radius 2 is 2.11 bits per heavy atom. The molecule has 2 N–H and O–H groups in total. The molecule has 2 saturated carbocycles. The molecule has 2 bridgehead atoms. The molecule has 3 heteroatoms. The second kappa shape index (κ2) is 5.24. The Morgan fingerprint density at radius 1 is 1.26 bits per heavy atom. The molecule has 3 unspecified atom stereocenters. The third-order valence-electron chi connectivity index (χ3n) is 4.56. The number of rotatable bonds is 4. The largest absolute Gasteiger partial charge is 0.382 e. The predicted octanol–water partition coefficient (Wildman–Crippen LogP) is 3.64. The number of fused-ring (bicyclic) bond motifs is 2. The second-order valence-electron chi connectivity index (χ2n) is 5.91. The number of carbonyl (C=O) groups excluding carboxylic acids is 1. The summed E-state index contributed by atoms with van der Waals surface area (Å²) in [5, 5.41) is 6.56. The van der Waals surface area contributed by atoms with Gasteiger partial charge in [-0.3, -0.25) is 4.79 Å². The number of benzene rings is 1. The molecule has 2 fully saturated rings. The lowest BCUT2D eigenvalue weighted by Crippen LogP contribution is -2.25. The molecule has 0 aliphatic heterocycles. The van der Waals surface area contributed by atoms with Crippen LogP contribution in [0.4, 0.5) is 11.4 Å². The molecule has 1 aromatic rings. The van der Waals surface area contributed by atoms with Crippen LogP contribution in [0, 0.1) is 11.8 Å². The van der Waals surface area contributed by atoms with Gasteiger partial charge < -0.3 is 10.6 Å². The fourth-order valence-electron chi connectivity index (χ4n) is 3.57. The van der Waals surface area contributed by atoms with Crippen LogP contribution in [0.1, 0.15) is 39.0 Å². The number of hydrogen-bond acceptors (Lipinski definition) is 2. The van der Waals surface area contributed by atoms with Gasteiger partial charge in [0, 0.05) is 23.8 Å². The fraction of sp³-hybridized carbons (Fsp3) is 0.562. The van der Waals surface area contributed by atoms with Gasteiger partial charge in [-0.25, -0.2) is 0 Å². The van der Waals surface area contributed by atoms with Crippen molar-refractivity contribution < 1.29 is 4.79 Å². The van der Waals surface area contributed by atoms with Crippen molar-refractivity contribution in [2.24, 2.45) is 11.8 Å².